The lowest BCUT2D eigenvalue weighted by molar-refractivity contribution is 0.0980. The van der Waals surface area contributed by atoms with Crippen molar-refractivity contribution in [2.75, 3.05) is 31.6 Å². The molecule has 0 spiro atoms. The molecule has 1 atom stereocenters. The zero-order chi connectivity index (χ0) is 14.2. The maximum atomic E-state index is 9.54. The number of benzene rings is 1. The first-order valence-electron chi connectivity index (χ1n) is 7.00. The highest BCUT2D eigenvalue weighted by atomic mass is 16.3. The Labute approximate surface area is 116 Å². The summed E-state index contributed by atoms with van der Waals surface area (Å²) in [6.45, 7) is 10.9. The van der Waals surface area contributed by atoms with Crippen LogP contribution in [-0.2, 0) is 0 Å². The summed E-state index contributed by atoms with van der Waals surface area (Å²) in [4.78, 5) is 4.70. The fourth-order valence-electron chi connectivity index (χ4n) is 3.18. The van der Waals surface area contributed by atoms with Crippen molar-refractivity contribution in [2.24, 2.45) is 0 Å². The lowest BCUT2D eigenvalue weighted by atomic mass is 9.94. The van der Waals surface area contributed by atoms with E-state index >= 15 is 0 Å². The van der Waals surface area contributed by atoms with Crippen LogP contribution >= 0.6 is 0 Å². The zero-order valence-electron chi connectivity index (χ0n) is 12.8. The van der Waals surface area contributed by atoms with Gasteiger partial charge in [-0.1, -0.05) is 6.07 Å². The number of nitrogens with zero attached hydrogens (tertiary/aromatic N) is 2. The molecule has 1 aromatic carbocycles. The number of piperazine rings is 1. The van der Waals surface area contributed by atoms with Gasteiger partial charge in [-0.3, -0.25) is 4.90 Å². The molecule has 0 saturated carbocycles. The van der Waals surface area contributed by atoms with Crippen molar-refractivity contribution in [1.29, 1.82) is 0 Å². The van der Waals surface area contributed by atoms with Gasteiger partial charge >= 0.3 is 0 Å². The van der Waals surface area contributed by atoms with Crippen molar-refractivity contribution in [1.82, 2.24) is 4.90 Å². The van der Waals surface area contributed by atoms with Gasteiger partial charge in [0.1, 0.15) is 0 Å². The van der Waals surface area contributed by atoms with Crippen LogP contribution in [-0.4, -0.2) is 48.3 Å². The maximum absolute atomic E-state index is 9.54. The van der Waals surface area contributed by atoms with Crippen LogP contribution in [0.15, 0.2) is 18.2 Å². The first kappa shape index (κ1) is 14.4. The van der Waals surface area contributed by atoms with E-state index in [2.05, 4.69) is 62.7 Å². The molecule has 3 heteroatoms. The van der Waals surface area contributed by atoms with Crippen LogP contribution in [0.5, 0.6) is 0 Å². The number of hydrogen-bond acceptors (Lipinski definition) is 3. The molecule has 1 aliphatic heterocycles. The highest BCUT2D eigenvalue weighted by Crippen LogP contribution is 2.30. The minimum atomic E-state index is 0.0840. The quantitative estimate of drug-likeness (QED) is 0.885. The third kappa shape index (κ3) is 2.93. The Kier molecular flexibility index (Phi) is 3.88. The van der Waals surface area contributed by atoms with E-state index in [1.807, 2.05) is 0 Å². The van der Waals surface area contributed by atoms with E-state index in [4.69, 9.17) is 0 Å². The lowest BCUT2D eigenvalue weighted by Gasteiger charge is -2.51. The molecule has 1 aromatic rings. The molecule has 1 N–H and O–H groups in total. The van der Waals surface area contributed by atoms with Crippen LogP contribution < -0.4 is 4.90 Å². The second-order valence-corrected chi connectivity index (χ2v) is 6.52. The SMILES string of the molecule is Cc1cc(C)cc(N2CC(CO)N(C)CC2(C)C)c1. The number of aliphatic hydroxyl groups excluding tert-OH is 1. The smallest absolute Gasteiger partial charge is 0.0604 e. The zero-order valence-corrected chi connectivity index (χ0v) is 12.8. The molecular formula is C16H26N2O. The summed E-state index contributed by atoms with van der Waals surface area (Å²) >= 11 is 0. The average molecular weight is 262 g/mol. The molecule has 0 aromatic heterocycles. The summed E-state index contributed by atoms with van der Waals surface area (Å²) < 4.78 is 0. The van der Waals surface area contributed by atoms with Crippen LogP contribution in [0.3, 0.4) is 0 Å². The Morgan fingerprint density at radius 3 is 2.32 bits per heavy atom. The van der Waals surface area contributed by atoms with Crippen molar-refractivity contribution in [3.8, 4) is 0 Å². The van der Waals surface area contributed by atoms with Crippen molar-refractivity contribution >= 4 is 5.69 Å². The molecule has 0 radical (unpaired) electrons. The van der Waals surface area contributed by atoms with Crippen molar-refractivity contribution < 1.29 is 5.11 Å². The fraction of sp³-hybridized carbons (Fsp3) is 0.625. The summed E-state index contributed by atoms with van der Waals surface area (Å²) in [5, 5.41) is 9.54. The second-order valence-electron chi connectivity index (χ2n) is 6.52. The summed E-state index contributed by atoms with van der Waals surface area (Å²) in [5.74, 6) is 0. The van der Waals surface area contributed by atoms with Crippen LogP contribution in [0, 0.1) is 13.8 Å². The van der Waals surface area contributed by atoms with Crippen LogP contribution in [0.1, 0.15) is 25.0 Å². The van der Waals surface area contributed by atoms with E-state index in [0.29, 0.717) is 0 Å². The molecule has 2 rings (SSSR count). The Balaban J connectivity index is 2.35. The first-order chi connectivity index (χ1) is 8.83. The van der Waals surface area contributed by atoms with Gasteiger partial charge in [0.05, 0.1) is 12.6 Å². The van der Waals surface area contributed by atoms with Gasteiger partial charge in [0, 0.05) is 24.3 Å². The largest absolute Gasteiger partial charge is 0.395 e. The molecule has 0 amide bonds. The molecular weight excluding hydrogens is 236 g/mol. The van der Waals surface area contributed by atoms with Gasteiger partial charge in [0.25, 0.3) is 0 Å². The molecule has 0 bridgehead atoms. The van der Waals surface area contributed by atoms with Crippen LogP contribution in [0.4, 0.5) is 5.69 Å². The van der Waals surface area contributed by atoms with Crippen molar-refractivity contribution in [2.45, 2.75) is 39.3 Å². The third-order valence-corrected chi connectivity index (χ3v) is 4.11. The third-order valence-electron chi connectivity index (χ3n) is 4.11. The standard InChI is InChI=1S/C16H26N2O/c1-12-6-13(2)8-14(7-12)18-9-15(10-19)17(5)11-16(18,3)4/h6-8,15,19H,9-11H2,1-5H3. The van der Waals surface area contributed by atoms with Crippen LogP contribution in [0.25, 0.3) is 0 Å². The van der Waals surface area contributed by atoms with Gasteiger partial charge in [-0.2, -0.15) is 0 Å². The molecule has 19 heavy (non-hydrogen) atoms. The van der Waals surface area contributed by atoms with Crippen molar-refractivity contribution in [3.05, 3.63) is 29.3 Å². The van der Waals surface area contributed by atoms with Gasteiger partial charge in [0.2, 0.25) is 0 Å². The van der Waals surface area contributed by atoms with Gasteiger partial charge < -0.3 is 10.0 Å². The summed E-state index contributed by atoms with van der Waals surface area (Å²) in [5.41, 5.74) is 3.95. The highest BCUT2D eigenvalue weighted by molar-refractivity contribution is 5.53. The van der Waals surface area contributed by atoms with E-state index in [1.54, 1.807) is 0 Å². The molecule has 0 aliphatic carbocycles. The number of hydrogen-bond donors (Lipinski definition) is 1. The Bertz CT molecular complexity index is 436. The number of aryl methyl sites for hydroxylation is 2. The second kappa shape index (κ2) is 5.14. The van der Waals surface area contributed by atoms with E-state index < -0.39 is 0 Å². The molecule has 106 valence electrons. The minimum Gasteiger partial charge on any atom is -0.395 e. The molecule has 1 unspecified atom stereocenters. The Morgan fingerprint density at radius 2 is 1.79 bits per heavy atom. The topological polar surface area (TPSA) is 26.7 Å². The van der Waals surface area contributed by atoms with Gasteiger partial charge in [-0.05, 0) is 58.0 Å². The van der Waals surface area contributed by atoms with Gasteiger partial charge in [-0.15, -0.1) is 0 Å². The predicted molar refractivity (Wildman–Crippen MR) is 80.8 cm³/mol. The minimum absolute atomic E-state index is 0.0840. The average Bonchev–Trinajstić information content (AvgIpc) is 2.26. The predicted octanol–water partition coefficient (Wildman–Crippen LogP) is 2.19. The molecule has 1 aliphatic rings. The number of anilines is 1. The lowest BCUT2D eigenvalue weighted by Crippen LogP contribution is -2.63. The maximum Gasteiger partial charge on any atom is 0.0604 e. The Hall–Kier alpha value is -1.06. The fourth-order valence-corrected chi connectivity index (χ4v) is 3.18. The monoisotopic (exact) mass is 262 g/mol. The molecule has 1 fully saturated rings. The van der Waals surface area contributed by atoms with E-state index in [1.165, 1.54) is 16.8 Å². The number of aliphatic hydroxyl groups is 1. The van der Waals surface area contributed by atoms with Gasteiger partial charge in [-0.25, -0.2) is 0 Å². The highest BCUT2D eigenvalue weighted by Gasteiger charge is 2.37. The van der Waals surface area contributed by atoms with E-state index in [9.17, 15) is 5.11 Å². The number of likely N-dealkylation sites (N-methyl/N-ethyl adjacent to an activating group) is 1. The molecule has 1 saturated heterocycles. The molecule has 1 heterocycles. The summed E-state index contributed by atoms with van der Waals surface area (Å²) in [6, 6.07) is 6.91. The van der Waals surface area contributed by atoms with E-state index in [-0.39, 0.29) is 18.2 Å². The van der Waals surface area contributed by atoms with Crippen molar-refractivity contribution in [3.63, 3.8) is 0 Å². The molecule has 3 nitrogen and oxygen atoms in total. The van der Waals surface area contributed by atoms with Crippen LogP contribution in [0.2, 0.25) is 0 Å². The normalized spacial score (nSPS) is 23.7. The summed E-state index contributed by atoms with van der Waals surface area (Å²) in [7, 11) is 2.10. The van der Waals surface area contributed by atoms with Gasteiger partial charge in [0.15, 0.2) is 0 Å². The Morgan fingerprint density at radius 1 is 1.21 bits per heavy atom. The number of rotatable bonds is 2. The van der Waals surface area contributed by atoms with E-state index in [0.717, 1.165) is 13.1 Å². The first-order valence-corrected chi connectivity index (χ1v) is 7.00. The summed E-state index contributed by atoms with van der Waals surface area (Å²) in [6.07, 6.45) is 0.